The van der Waals surface area contributed by atoms with Gasteiger partial charge in [-0.05, 0) is 12.0 Å². The molecular weight excluding hydrogens is 268 g/mol. The molecule has 21 heavy (non-hydrogen) atoms. The lowest BCUT2D eigenvalue weighted by Gasteiger charge is -2.10. The Bertz CT molecular complexity index is 671. The lowest BCUT2D eigenvalue weighted by molar-refractivity contribution is -0.384. The zero-order valence-electron chi connectivity index (χ0n) is 12.6. The van der Waals surface area contributed by atoms with Crippen LogP contribution in [-0.2, 0) is 11.3 Å². The van der Waals surface area contributed by atoms with Crippen molar-refractivity contribution < 1.29 is 9.66 Å². The topological polar surface area (TPSA) is 57.3 Å². The Morgan fingerprint density at radius 3 is 2.81 bits per heavy atom. The SMILES string of the molecule is COCC=Cc1cc([N+](=O)[O-])cc2ccn(CC(C)C)c12. The molecule has 1 heterocycles. The molecule has 0 unspecified atom stereocenters. The maximum atomic E-state index is 11.1. The molecule has 0 aliphatic heterocycles. The number of hydrogen-bond donors (Lipinski definition) is 0. The highest BCUT2D eigenvalue weighted by Crippen LogP contribution is 2.28. The van der Waals surface area contributed by atoms with Gasteiger partial charge in [0, 0.05) is 42.9 Å². The van der Waals surface area contributed by atoms with E-state index in [0.717, 1.165) is 23.0 Å². The van der Waals surface area contributed by atoms with Gasteiger partial charge in [-0.25, -0.2) is 0 Å². The largest absolute Gasteiger partial charge is 0.381 e. The summed E-state index contributed by atoms with van der Waals surface area (Å²) in [6.07, 6.45) is 5.74. The minimum Gasteiger partial charge on any atom is -0.381 e. The molecule has 1 aromatic heterocycles. The number of non-ortho nitro benzene ring substituents is 1. The van der Waals surface area contributed by atoms with Crippen molar-refractivity contribution in [1.82, 2.24) is 4.57 Å². The molecular formula is C16H20N2O3. The van der Waals surface area contributed by atoms with E-state index in [9.17, 15) is 10.1 Å². The van der Waals surface area contributed by atoms with Gasteiger partial charge >= 0.3 is 0 Å². The fourth-order valence-corrected chi connectivity index (χ4v) is 2.42. The molecule has 0 spiro atoms. The van der Waals surface area contributed by atoms with Crippen LogP contribution in [0.5, 0.6) is 0 Å². The van der Waals surface area contributed by atoms with E-state index < -0.39 is 0 Å². The molecule has 5 nitrogen and oxygen atoms in total. The van der Waals surface area contributed by atoms with Gasteiger partial charge < -0.3 is 9.30 Å². The van der Waals surface area contributed by atoms with Crippen LogP contribution in [-0.4, -0.2) is 23.2 Å². The second kappa shape index (κ2) is 6.54. The van der Waals surface area contributed by atoms with Gasteiger partial charge in [0.2, 0.25) is 0 Å². The zero-order chi connectivity index (χ0) is 15.4. The summed E-state index contributed by atoms with van der Waals surface area (Å²) in [5, 5.41) is 12.0. The van der Waals surface area contributed by atoms with Crippen LogP contribution >= 0.6 is 0 Å². The number of nitro benzene ring substituents is 1. The van der Waals surface area contributed by atoms with Crippen molar-refractivity contribution in [3.05, 3.63) is 46.1 Å². The number of nitro groups is 1. The van der Waals surface area contributed by atoms with Crippen molar-refractivity contribution in [2.75, 3.05) is 13.7 Å². The summed E-state index contributed by atoms with van der Waals surface area (Å²) in [5.41, 5.74) is 1.99. The fourth-order valence-electron chi connectivity index (χ4n) is 2.42. The highest BCUT2D eigenvalue weighted by molar-refractivity contribution is 5.90. The summed E-state index contributed by atoms with van der Waals surface area (Å²) in [7, 11) is 1.62. The lowest BCUT2D eigenvalue weighted by Crippen LogP contribution is -2.03. The van der Waals surface area contributed by atoms with Crippen LogP contribution in [0.2, 0.25) is 0 Å². The minimum atomic E-state index is -0.354. The highest BCUT2D eigenvalue weighted by Gasteiger charge is 2.13. The van der Waals surface area contributed by atoms with Crippen molar-refractivity contribution >= 4 is 22.7 Å². The van der Waals surface area contributed by atoms with Gasteiger partial charge in [-0.15, -0.1) is 0 Å². The first-order valence-electron chi connectivity index (χ1n) is 6.95. The number of aromatic nitrogens is 1. The summed E-state index contributed by atoms with van der Waals surface area (Å²) < 4.78 is 7.15. The first-order valence-corrected chi connectivity index (χ1v) is 6.95. The Labute approximate surface area is 124 Å². The Morgan fingerprint density at radius 2 is 2.19 bits per heavy atom. The molecule has 0 aliphatic carbocycles. The zero-order valence-corrected chi connectivity index (χ0v) is 12.6. The van der Waals surface area contributed by atoms with Gasteiger partial charge in [0.25, 0.3) is 5.69 Å². The van der Waals surface area contributed by atoms with Gasteiger partial charge in [0.15, 0.2) is 0 Å². The predicted octanol–water partition coefficient (Wildman–Crippen LogP) is 3.87. The molecule has 5 heteroatoms. The molecule has 0 saturated carbocycles. The van der Waals surface area contributed by atoms with Crippen molar-refractivity contribution in [1.29, 1.82) is 0 Å². The van der Waals surface area contributed by atoms with E-state index in [4.69, 9.17) is 4.74 Å². The Hall–Kier alpha value is -2.14. The monoisotopic (exact) mass is 288 g/mol. The Morgan fingerprint density at radius 1 is 1.43 bits per heavy atom. The smallest absolute Gasteiger partial charge is 0.270 e. The second-order valence-electron chi connectivity index (χ2n) is 5.45. The van der Waals surface area contributed by atoms with E-state index in [2.05, 4.69) is 18.4 Å². The van der Waals surface area contributed by atoms with E-state index in [1.54, 1.807) is 19.2 Å². The highest BCUT2D eigenvalue weighted by atomic mass is 16.6. The molecule has 112 valence electrons. The molecule has 0 radical (unpaired) electrons. The van der Waals surface area contributed by atoms with E-state index in [1.165, 1.54) is 0 Å². The van der Waals surface area contributed by atoms with Crippen LogP contribution in [0.4, 0.5) is 5.69 Å². The third kappa shape index (κ3) is 3.49. The summed E-state index contributed by atoms with van der Waals surface area (Å²) in [4.78, 5) is 10.7. The lowest BCUT2D eigenvalue weighted by atomic mass is 10.1. The van der Waals surface area contributed by atoms with Crippen molar-refractivity contribution in [2.45, 2.75) is 20.4 Å². The van der Waals surface area contributed by atoms with E-state index in [0.29, 0.717) is 12.5 Å². The van der Waals surface area contributed by atoms with Gasteiger partial charge in [-0.3, -0.25) is 10.1 Å². The standard InChI is InChI=1S/C16H20N2O3/c1-12(2)11-17-7-6-14-10-15(18(19)20)9-13(16(14)17)5-4-8-21-3/h4-7,9-10,12H,8,11H2,1-3H3. The molecule has 0 aliphatic rings. The number of ether oxygens (including phenoxy) is 1. The predicted molar refractivity (Wildman–Crippen MR) is 84.3 cm³/mol. The van der Waals surface area contributed by atoms with Crippen LogP contribution in [0.25, 0.3) is 17.0 Å². The third-order valence-corrected chi connectivity index (χ3v) is 3.21. The molecule has 0 N–H and O–H groups in total. The number of rotatable bonds is 6. The molecule has 0 fully saturated rings. The molecule has 1 aromatic carbocycles. The Kier molecular flexibility index (Phi) is 4.75. The number of fused-ring (bicyclic) bond motifs is 1. The maximum absolute atomic E-state index is 11.1. The quantitative estimate of drug-likeness (QED) is 0.599. The van der Waals surface area contributed by atoms with Crippen LogP contribution in [0.3, 0.4) is 0 Å². The normalized spacial score (nSPS) is 11.8. The summed E-state index contributed by atoms with van der Waals surface area (Å²) >= 11 is 0. The van der Waals surface area contributed by atoms with Crippen LogP contribution in [0, 0.1) is 16.0 Å². The van der Waals surface area contributed by atoms with Crippen molar-refractivity contribution in [2.24, 2.45) is 5.92 Å². The summed E-state index contributed by atoms with van der Waals surface area (Å²) in [5.74, 6) is 0.506. The number of methoxy groups -OCH3 is 1. The maximum Gasteiger partial charge on any atom is 0.270 e. The number of nitrogens with zero attached hydrogens (tertiary/aromatic N) is 2. The Balaban J connectivity index is 2.57. The van der Waals surface area contributed by atoms with Crippen molar-refractivity contribution in [3.63, 3.8) is 0 Å². The molecule has 2 rings (SSSR count). The first kappa shape index (κ1) is 15.3. The van der Waals surface area contributed by atoms with E-state index in [1.807, 2.05) is 24.4 Å². The summed E-state index contributed by atoms with van der Waals surface area (Å²) in [6, 6.07) is 5.17. The average molecular weight is 288 g/mol. The number of benzene rings is 1. The molecule has 0 saturated heterocycles. The molecule has 0 bridgehead atoms. The van der Waals surface area contributed by atoms with Crippen LogP contribution in [0.15, 0.2) is 30.5 Å². The molecule has 2 aromatic rings. The van der Waals surface area contributed by atoms with Crippen molar-refractivity contribution in [3.8, 4) is 0 Å². The first-order chi connectivity index (χ1) is 10.0. The van der Waals surface area contributed by atoms with Gasteiger partial charge in [-0.2, -0.15) is 0 Å². The van der Waals surface area contributed by atoms with E-state index >= 15 is 0 Å². The van der Waals surface area contributed by atoms with Crippen LogP contribution in [0.1, 0.15) is 19.4 Å². The fraction of sp³-hybridized carbons (Fsp3) is 0.375. The summed E-state index contributed by atoms with van der Waals surface area (Å²) in [6.45, 7) is 5.66. The minimum absolute atomic E-state index is 0.113. The van der Waals surface area contributed by atoms with Crippen LogP contribution < -0.4 is 0 Å². The van der Waals surface area contributed by atoms with Gasteiger partial charge in [0.1, 0.15) is 0 Å². The third-order valence-electron chi connectivity index (χ3n) is 3.21. The van der Waals surface area contributed by atoms with E-state index in [-0.39, 0.29) is 10.6 Å². The van der Waals surface area contributed by atoms with Gasteiger partial charge in [-0.1, -0.05) is 26.0 Å². The number of hydrogen-bond acceptors (Lipinski definition) is 3. The molecule has 0 amide bonds. The van der Waals surface area contributed by atoms with Gasteiger partial charge in [0.05, 0.1) is 17.0 Å². The second-order valence-corrected chi connectivity index (χ2v) is 5.45. The molecule has 0 atom stereocenters. The average Bonchev–Trinajstić information content (AvgIpc) is 2.81.